The average Bonchev–Trinajstić information content (AvgIpc) is 2.18. The van der Waals surface area contributed by atoms with Gasteiger partial charge in [-0.05, 0) is 26.3 Å². The largest absolute Gasteiger partial charge is 0.353 e. The van der Waals surface area contributed by atoms with Crippen LogP contribution in [0.2, 0.25) is 0 Å². The normalized spacial score (nSPS) is 23.2. The van der Waals surface area contributed by atoms with Crippen molar-refractivity contribution in [3.8, 4) is 0 Å². The molecule has 1 aliphatic rings. The van der Waals surface area contributed by atoms with E-state index in [-0.39, 0.29) is 5.91 Å². The Morgan fingerprint density at radius 1 is 1.67 bits per heavy atom. The molecule has 0 aromatic heterocycles. The Balaban J connectivity index is 2.20. The van der Waals surface area contributed by atoms with E-state index in [1.165, 1.54) is 6.08 Å². The molecule has 15 heavy (non-hydrogen) atoms. The molecule has 0 bridgehead atoms. The van der Waals surface area contributed by atoms with Gasteiger partial charge in [-0.25, -0.2) is 4.39 Å². The molecule has 0 aliphatic carbocycles. The zero-order valence-electron chi connectivity index (χ0n) is 9.21. The first-order valence-corrected chi connectivity index (χ1v) is 5.53. The number of alkyl halides is 1. The number of rotatable bonds is 4. The molecule has 1 atom stereocenters. The summed E-state index contributed by atoms with van der Waals surface area (Å²) < 4.78 is 13.0. The van der Waals surface area contributed by atoms with Crippen molar-refractivity contribution in [3.63, 3.8) is 0 Å². The molecule has 1 fully saturated rings. The molecule has 4 heteroatoms. The maximum absolute atomic E-state index is 13.0. The number of carbonyl (C=O) groups excluding carboxylic acids is 1. The van der Waals surface area contributed by atoms with Crippen molar-refractivity contribution in [1.29, 1.82) is 0 Å². The zero-order valence-corrected chi connectivity index (χ0v) is 9.21. The number of piperidine rings is 1. The van der Waals surface area contributed by atoms with Gasteiger partial charge in [0.1, 0.15) is 6.17 Å². The van der Waals surface area contributed by atoms with Gasteiger partial charge in [0.05, 0.1) is 0 Å². The van der Waals surface area contributed by atoms with Crippen LogP contribution in [0.25, 0.3) is 0 Å². The van der Waals surface area contributed by atoms with Crippen LogP contribution < -0.4 is 5.32 Å². The SMILES string of the molecule is CCNC(=O)/C=C/CN1CCCC(F)C1. The van der Waals surface area contributed by atoms with Gasteiger partial charge >= 0.3 is 0 Å². The lowest BCUT2D eigenvalue weighted by atomic mass is 10.1. The van der Waals surface area contributed by atoms with E-state index in [0.717, 1.165) is 13.0 Å². The molecule has 3 nitrogen and oxygen atoms in total. The first-order chi connectivity index (χ1) is 7.22. The van der Waals surface area contributed by atoms with Gasteiger partial charge in [0, 0.05) is 25.7 Å². The number of likely N-dealkylation sites (tertiary alicyclic amines) is 1. The summed E-state index contributed by atoms with van der Waals surface area (Å²) in [4.78, 5) is 13.1. The van der Waals surface area contributed by atoms with Crippen LogP contribution in [0.4, 0.5) is 4.39 Å². The Hall–Kier alpha value is -0.900. The summed E-state index contributed by atoms with van der Waals surface area (Å²) in [5.74, 6) is -0.0775. The summed E-state index contributed by atoms with van der Waals surface area (Å²) in [5.41, 5.74) is 0. The zero-order chi connectivity index (χ0) is 11.1. The Morgan fingerprint density at radius 3 is 3.13 bits per heavy atom. The predicted octanol–water partition coefficient (Wildman–Crippen LogP) is 1.11. The molecule has 1 aliphatic heterocycles. The van der Waals surface area contributed by atoms with Gasteiger partial charge in [0.15, 0.2) is 0 Å². The lowest BCUT2D eigenvalue weighted by Gasteiger charge is -2.27. The van der Waals surface area contributed by atoms with Crippen LogP contribution in [0.15, 0.2) is 12.2 Å². The second kappa shape index (κ2) is 6.56. The van der Waals surface area contributed by atoms with Crippen molar-refractivity contribution in [2.75, 3.05) is 26.2 Å². The van der Waals surface area contributed by atoms with Gasteiger partial charge in [-0.3, -0.25) is 9.69 Å². The summed E-state index contributed by atoms with van der Waals surface area (Å²) in [6.45, 7) is 4.61. The fourth-order valence-electron chi connectivity index (χ4n) is 1.71. The number of carbonyl (C=O) groups is 1. The molecule has 86 valence electrons. The number of halogens is 1. The number of likely N-dealkylation sites (N-methyl/N-ethyl adjacent to an activating group) is 1. The van der Waals surface area contributed by atoms with Crippen LogP contribution in [0.3, 0.4) is 0 Å². The minimum Gasteiger partial charge on any atom is -0.353 e. The Kier molecular flexibility index (Phi) is 5.32. The number of hydrogen-bond acceptors (Lipinski definition) is 2. The molecule has 0 aromatic rings. The van der Waals surface area contributed by atoms with Crippen LogP contribution in [-0.2, 0) is 4.79 Å². The van der Waals surface area contributed by atoms with E-state index in [2.05, 4.69) is 5.32 Å². The number of amides is 1. The van der Waals surface area contributed by atoms with E-state index < -0.39 is 6.17 Å². The maximum atomic E-state index is 13.0. The van der Waals surface area contributed by atoms with Gasteiger partial charge in [-0.15, -0.1) is 0 Å². The highest BCUT2D eigenvalue weighted by Gasteiger charge is 2.17. The summed E-state index contributed by atoms with van der Waals surface area (Å²) in [6.07, 6.45) is 4.21. The summed E-state index contributed by atoms with van der Waals surface area (Å²) in [7, 11) is 0. The van der Waals surface area contributed by atoms with Gasteiger partial charge in [-0.2, -0.15) is 0 Å². The molecule has 1 rings (SSSR count). The highest BCUT2D eigenvalue weighted by Crippen LogP contribution is 2.12. The first kappa shape index (κ1) is 12.2. The summed E-state index contributed by atoms with van der Waals surface area (Å²) in [5, 5.41) is 2.67. The van der Waals surface area contributed by atoms with Crippen LogP contribution >= 0.6 is 0 Å². The van der Waals surface area contributed by atoms with Crippen LogP contribution in [-0.4, -0.2) is 43.2 Å². The quantitative estimate of drug-likeness (QED) is 0.711. The Morgan fingerprint density at radius 2 is 2.47 bits per heavy atom. The standard InChI is InChI=1S/C11H19FN2O/c1-2-13-11(15)6-4-8-14-7-3-5-10(12)9-14/h4,6,10H,2-3,5,7-9H2,1H3,(H,13,15)/b6-4+. The van der Waals surface area contributed by atoms with E-state index in [1.54, 1.807) is 6.08 Å². The summed E-state index contributed by atoms with van der Waals surface area (Å²) >= 11 is 0. The third kappa shape index (κ3) is 4.93. The Labute approximate surface area is 90.3 Å². The van der Waals surface area contributed by atoms with Crippen LogP contribution in [0, 0.1) is 0 Å². The number of hydrogen-bond donors (Lipinski definition) is 1. The van der Waals surface area contributed by atoms with Crippen molar-refractivity contribution in [3.05, 3.63) is 12.2 Å². The lowest BCUT2D eigenvalue weighted by molar-refractivity contribution is -0.116. The average molecular weight is 214 g/mol. The van der Waals surface area contributed by atoms with Gasteiger partial charge in [0.25, 0.3) is 0 Å². The molecule has 1 unspecified atom stereocenters. The minimum absolute atomic E-state index is 0.0775. The van der Waals surface area contributed by atoms with Crippen molar-refractivity contribution in [2.24, 2.45) is 0 Å². The van der Waals surface area contributed by atoms with E-state index in [4.69, 9.17) is 0 Å². The van der Waals surface area contributed by atoms with Crippen molar-refractivity contribution < 1.29 is 9.18 Å². The van der Waals surface area contributed by atoms with Gasteiger partial charge in [-0.1, -0.05) is 6.08 Å². The molecule has 1 heterocycles. The number of nitrogens with one attached hydrogen (secondary N) is 1. The minimum atomic E-state index is -0.698. The van der Waals surface area contributed by atoms with Crippen molar-refractivity contribution in [1.82, 2.24) is 10.2 Å². The second-order valence-electron chi connectivity index (χ2n) is 3.80. The van der Waals surface area contributed by atoms with E-state index in [0.29, 0.717) is 26.1 Å². The van der Waals surface area contributed by atoms with Crippen LogP contribution in [0.5, 0.6) is 0 Å². The third-order valence-corrected chi connectivity index (χ3v) is 2.43. The topological polar surface area (TPSA) is 32.3 Å². The highest BCUT2D eigenvalue weighted by molar-refractivity contribution is 5.87. The fourth-order valence-corrected chi connectivity index (χ4v) is 1.71. The predicted molar refractivity (Wildman–Crippen MR) is 58.4 cm³/mol. The molecular weight excluding hydrogens is 195 g/mol. The molecule has 0 saturated carbocycles. The van der Waals surface area contributed by atoms with Crippen LogP contribution in [0.1, 0.15) is 19.8 Å². The molecule has 0 aromatic carbocycles. The first-order valence-electron chi connectivity index (χ1n) is 5.53. The fraction of sp³-hybridized carbons (Fsp3) is 0.727. The Bertz CT molecular complexity index is 231. The van der Waals surface area contributed by atoms with Gasteiger partial charge < -0.3 is 5.32 Å². The second-order valence-corrected chi connectivity index (χ2v) is 3.80. The van der Waals surface area contributed by atoms with Gasteiger partial charge in [0.2, 0.25) is 5.91 Å². The smallest absolute Gasteiger partial charge is 0.243 e. The number of nitrogens with zero attached hydrogens (tertiary/aromatic N) is 1. The van der Waals surface area contributed by atoms with E-state index >= 15 is 0 Å². The molecule has 1 N–H and O–H groups in total. The molecule has 1 saturated heterocycles. The monoisotopic (exact) mass is 214 g/mol. The highest BCUT2D eigenvalue weighted by atomic mass is 19.1. The van der Waals surface area contributed by atoms with E-state index in [9.17, 15) is 9.18 Å². The molecule has 0 radical (unpaired) electrons. The lowest BCUT2D eigenvalue weighted by Crippen LogP contribution is -2.36. The third-order valence-electron chi connectivity index (χ3n) is 2.43. The molecule has 0 spiro atoms. The van der Waals surface area contributed by atoms with E-state index in [1.807, 2.05) is 11.8 Å². The van der Waals surface area contributed by atoms with Crippen molar-refractivity contribution in [2.45, 2.75) is 25.9 Å². The molecular formula is C11H19FN2O. The molecule has 1 amide bonds. The van der Waals surface area contributed by atoms with Crippen molar-refractivity contribution >= 4 is 5.91 Å². The summed E-state index contributed by atoms with van der Waals surface area (Å²) in [6, 6.07) is 0. The maximum Gasteiger partial charge on any atom is 0.243 e.